The smallest absolute Gasteiger partial charge is 0.180 e. The van der Waals surface area contributed by atoms with Crippen molar-refractivity contribution in [3.05, 3.63) is 22.2 Å². The number of aliphatic hydroxyl groups is 1. The standard InChI is InChI=1S/C13H17ClO3/c1-9-10(4-2-5-15)8-11(14)13-12(9)16-6-3-7-17-13/h8,15H,2-7H2,1H3. The predicted molar refractivity (Wildman–Crippen MR) is 67.2 cm³/mol. The highest BCUT2D eigenvalue weighted by Gasteiger charge is 2.19. The van der Waals surface area contributed by atoms with E-state index in [4.69, 9.17) is 26.2 Å². The van der Waals surface area contributed by atoms with Gasteiger partial charge in [-0.05, 0) is 37.0 Å². The van der Waals surface area contributed by atoms with Crippen molar-refractivity contribution in [3.63, 3.8) is 0 Å². The second kappa shape index (κ2) is 5.61. The number of aryl methyl sites for hydroxylation is 1. The first-order valence-corrected chi connectivity index (χ1v) is 6.30. The Hall–Kier alpha value is -0.930. The molecule has 3 nitrogen and oxygen atoms in total. The number of ether oxygens (including phenoxy) is 2. The zero-order valence-corrected chi connectivity index (χ0v) is 10.7. The van der Waals surface area contributed by atoms with Gasteiger partial charge in [0.2, 0.25) is 0 Å². The molecule has 0 unspecified atom stereocenters. The van der Waals surface area contributed by atoms with E-state index in [0.717, 1.165) is 36.1 Å². The Morgan fingerprint density at radius 1 is 1.29 bits per heavy atom. The fourth-order valence-corrected chi connectivity index (χ4v) is 2.27. The van der Waals surface area contributed by atoms with Crippen LogP contribution in [0.5, 0.6) is 11.5 Å². The molecular formula is C13H17ClO3. The lowest BCUT2D eigenvalue weighted by atomic mass is 10.0. The van der Waals surface area contributed by atoms with Crippen LogP contribution in [0.1, 0.15) is 24.0 Å². The van der Waals surface area contributed by atoms with Crippen molar-refractivity contribution in [2.24, 2.45) is 0 Å². The molecule has 0 fully saturated rings. The highest BCUT2D eigenvalue weighted by atomic mass is 35.5. The predicted octanol–water partition coefficient (Wildman–Crippen LogP) is 2.73. The zero-order chi connectivity index (χ0) is 12.3. The van der Waals surface area contributed by atoms with Gasteiger partial charge < -0.3 is 14.6 Å². The van der Waals surface area contributed by atoms with E-state index in [9.17, 15) is 0 Å². The van der Waals surface area contributed by atoms with Crippen molar-refractivity contribution >= 4 is 11.6 Å². The molecule has 0 saturated heterocycles. The Morgan fingerprint density at radius 2 is 2.00 bits per heavy atom. The van der Waals surface area contributed by atoms with E-state index in [-0.39, 0.29) is 6.61 Å². The Labute approximate surface area is 106 Å². The van der Waals surface area contributed by atoms with Crippen molar-refractivity contribution in [2.75, 3.05) is 19.8 Å². The molecule has 1 aromatic rings. The average molecular weight is 257 g/mol. The summed E-state index contributed by atoms with van der Waals surface area (Å²) < 4.78 is 11.3. The summed E-state index contributed by atoms with van der Waals surface area (Å²) in [5.74, 6) is 1.43. The number of rotatable bonds is 3. The third kappa shape index (κ3) is 2.67. The molecule has 0 aliphatic carbocycles. The molecule has 1 heterocycles. The highest BCUT2D eigenvalue weighted by Crippen LogP contribution is 2.41. The van der Waals surface area contributed by atoms with E-state index in [2.05, 4.69) is 0 Å². The summed E-state index contributed by atoms with van der Waals surface area (Å²) in [4.78, 5) is 0. The van der Waals surface area contributed by atoms with E-state index < -0.39 is 0 Å². The lowest BCUT2D eigenvalue weighted by Crippen LogP contribution is -2.00. The van der Waals surface area contributed by atoms with Crippen LogP contribution in [0.3, 0.4) is 0 Å². The van der Waals surface area contributed by atoms with Gasteiger partial charge in [0.25, 0.3) is 0 Å². The summed E-state index contributed by atoms with van der Waals surface area (Å²) in [6, 6.07) is 1.92. The minimum atomic E-state index is 0.186. The van der Waals surface area contributed by atoms with Crippen molar-refractivity contribution in [1.82, 2.24) is 0 Å². The molecule has 2 rings (SSSR count). The van der Waals surface area contributed by atoms with Crippen molar-refractivity contribution in [3.8, 4) is 11.5 Å². The fourth-order valence-electron chi connectivity index (χ4n) is 2.00. The Bertz CT molecular complexity index is 404. The number of fused-ring (bicyclic) bond motifs is 1. The van der Waals surface area contributed by atoms with Crippen molar-refractivity contribution < 1.29 is 14.6 Å². The Kier molecular flexibility index (Phi) is 4.13. The van der Waals surface area contributed by atoms with Gasteiger partial charge in [-0.15, -0.1) is 0 Å². The van der Waals surface area contributed by atoms with Crippen LogP contribution in [0.2, 0.25) is 5.02 Å². The van der Waals surface area contributed by atoms with E-state index >= 15 is 0 Å². The number of aliphatic hydroxyl groups excluding tert-OH is 1. The second-order valence-corrected chi connectivity index (χ2v) is 4.59. The quantitative estimate of drug-likeness (QED) is 0.904. The summed E-state index contributed by atoms with van der Waals surface area (Å²) in [6.45, 7) is 3.50. The first kappa shape index (κ1) is 12.5. The molecule has 0 aromatic heterocycles. The average Bonchev–Trinajstić information content (AvgIpc) is 2.58. The Balaban J connectivity index is 2.38. The van der Waals surface area contributed by atoms with Gasteiger partial charge in [-0.25, -0.2) is 0 Å². The number of benzene rings is 1. The molecule has 1 N–H and O–H groups in total. The topological polar surface area (TPSA) is 38.7 Å². The number of hydrogen-bond donors (Lipinski definition) is 1. The Morgan fingerprint density at radius 3 is 2.71 bits per heavy atom. The first-order chi connectivity index (χ1) is 8.24. The monoisotopic (exact) mass is 256 g/mol. The maximum atomic E-state index is 8.88. The van der Waals surface area contributed by atoms with E-state index in [1.165, 1.54) is 0 Å². The maximum absolute atomic E-state index is 8.88. The third-order valence-corrected chi connectivity index (χ3v) is 3.21. The maximum Gasteiger partial charge on any atom is 0.180 e. The van der Waals surface area contributed by atoms with Crippen LogP contribution in [0.4, 0.5) is 0 Å². The molecule has 0 atom stereocenters. The molecular weight excluding hydrogens is 240 g/mol. The van der Waals surface area contributed by atoms with Gasteiger partial charge in [-0.2, -0.15) is 0 Å². The normalized spacial score (nSPS) is 14.5. The van der Waals surface area contributed by atoms with Gasteiger partial charge in [-0.1, -0.05) is 11.6 Å². The summed E-state index contributed by atoms with van der Waals surface area (Å²) in [5, 5.41) is 9.48. The van der Waals surface area contributed by atoms with Gasteiger partial charge in [0.05, 0.1) is 18.2 Å². The third-order valence-electron chi connectivity index (χ3n) is 2.93. The van der Waals surface area contributed by atoms with Crippen LogP contribution in [0.15, 0.2) is 6.07 Å². The highest BCUT2D eigenvalue weighted by molar-refractivity contribution is 6.32. The first-order valence-electron chi connectivity index (χ1n) is 5.92. The van der Waals surface area contributed by atoms with Gasteiger partial charge in [-0.3, -0.25) is 0 Å². The number of hydrogen-bond acceptors (Lipinski definition) is 3. The second-order valence-electron chi connectivity index (χ2n) is 4.18. The minimum absolute atomic E-state index is 0.186. The molecule has 0 bridgehead atoms. The summed E-state index contributed by atoms with van der Waals surface area (Å²) in [7, 11) is 0. The molecule has 94 valence electrons. The molecule has 0 spiro atoms. The van der Waals surface area contributed by atoms with E-state index in [1.54, 1.807) is 0 Å². The number of halogens is 1. The van der Waals surface area contributed by atoms with Crippen LogP contribution in [0, 0.1) is 6.92 Å². The van der Waals surface area contributed by atoms with E-state index in [0.29, 0.717) is 24.0 Å². The van der Waals surface area contributed by atoms with Gasteiger partial charge in [0, 0.05) is 13.0 Å². The van der Waals surface area contributed by atoms with Gasteiger partial charge in [0.15, 0.2) is 11.5 Å². The molecule has 17 heavy (non-hydrogen) atoms. The van der Waals surface area contributed by atoms with E-state index in [1.807, 2.05) is 13.0 Å². The van der Waals surface area contributed by atoms with Crippen molar-refractivity contribution in [1.29, 1.82) is 0 Å². The van der Waals surface area contributed by atoms with Crippen LogP contribution in [0.25, 0.3) is 0 Å². The molecule has 1 aliphatic rings. The SMILES string of the molecule is Cc1c(CCCO)cc(Cl)c2c1OCCCO2. The van der Waals surface area contributed by atoms with Crippen LogP contribution in [-0.2, 0) is 6.42 Å². The summed E-state index contributed by atoms with van der Waals surface area (Å²) in [5.41, 5.74) is 2.19. The molecule has 0 amide bonds. The van der Waals surface area contributed by atoms with Gasteiger partial charge >= 0.3 is 0 Å². The fraction of sp³-hybridized carbons (Fsp3) is 0.538. The minimum Gasteiger partial charge on any atom is -0.489 e. The molecule has 1 aliphatic heterocycles. The molecule has 0 radical (unpaired) electrons. The molecule has 4 heteroatoms. The summed E-state index contributed by atoms with van der Waals surface area (Å²) in [6.07, 6.45) is 2.41. The lowest BCUT2D eigenvalue weighted by molar-refractivity contribution is 0.288. The van der Waals surface area contributed by atoms with Gasteiger partial charge in [0.1, 0.15) is 0 Å². The largest absolute Gasteiger partial charge is 0.489 e. The van der Waals surface area contributed by atoms with Crippen LogP contribution in [-0.4, -0.2) is 24.9 Å². The van der Waals surface area contributed by atoms with Crippen LogP contribution < -0.4 is 9.47 Å². The van der Waals surface area contributed by atoms with Crippen LogP contribution >= 0.6 is 11.6 Å². The zero-order valence-electron chi connectivity index (χ0n) is 9.96. The van der Waals surface area contributed by atoms with Crippen molar-refractivity contribution in [2.45, 2.75) is 26.2 Å². The summed E-state index contributed by atoms with van der Waals surface area (Å²) >= 11 is 6.20. The lowest BCUT2D eigenvalue weighted by Gasteiger charge is -2.15. The molecule has 0 saturated carbocycles. The molecule has 1 aromatic carbocycles.